The zero-order valence-corrected chi connectivity index (χ0v) is 15.2. The van der Waals surface area contributed by atoms with Gasteiger partial charge in [0, 0.05) is 24.0 Å². The maximum absolute atomic E-state index is 12.7. The largest absolute Gasteiger partial charge is 0.337 e. The smallest absolute Gasteiger partial charge is 0.249 e. The lowest BCUT2D eigenvalue weighted by molar-refractivity contribution is -0.132. The summed E-state index contributed by atoms with van der Waals surface area (Å²) in [7, 11) is 0. The Labute approximate surface area is 155 Å². The number of amides is 1. The van der Waals surface area contributed by atoms with Crippen LogP contribution in [0.25, 0.3) is 11.5 Å². The minimum atomic E-state index is -0.116. The summed E-state index contributed by atoms with van der Waals surface area (Å²) in [6, 6.07) is 9.62. The number of aromatic nitrogens is 3. The monoisotopic (exact) mass is 368 g/mol. The average Bonchev–Trinajstić information content (AvgIpc) is 3.42. The zero-order chi connectivity index (χ0) is 17.8. The van der Waals surface area contributed by atoms with E-state index in [0.717, 1.165) is 32.2 Å². The number of carbonyl (C=O) groups excluding carboxylic acids is 1. The molecule has 1 amide bonds. The van der Waals surface area contributed by atoms with Crippen LogP contribution in [0.3, 0.4) is 0 Å². The van der Waals surface area contributed by atoms with Crippen molar-refractivity contribution in [1.82, 2.24) is 20.0 Å². The average molecular weight is 368 g/mol. The SMILES string of the molecule is O=C(CCCc1cccs1)N1CCC[C@@H]1c1nc(-c2ccccn2)no1. The molecule has 0 bridgehead atoms. The molecule has 1 saturated heterocycles. The van der Waals surface area contributed by atoms with E-state index in [0.29, 0.717) is 23.8 Å². The molecule has 4 rings (SSSR count). The van der Waals surface area contributed by atoms with Crippen LogP contribution < -0.4 is 0 Å². The van der Waals surface area contributed by atoms with Gasteiger partial charge in [0.25, 0.3) is 0 Å². The summed E-state index contributed by atoms with van der Waals surface area (Å²) < 4.78 is 5.45. The molecule has 0 aliphatic carbocycles. The second kappa shape index (κ2) is 7.78. The first-order valence-electron chi connectivity index (χ1n) is 8.88. The number of likely N-dealkylation sites (tertiary alicyclic amines) is 1. The van der Waals surface area contributed by atoms with Crippen LogP contribution in [0, 0.1) is 0 Å². The molecule has 0 unspecified atom stereocenters. The molecular weight excluding hydrogens is 348 g/mol. The van der Waals surface area contributed by atoms with Crippen molar-refractivity contribution in [2.75, 3.05) is 6.54 Å². The third kappa shape index (κ3) is 3.67. The number of nitrogens with zero attached hydrogens (tertiary/aromatic N) is 4. The summed E-state index contributed by atoms with van der Waals surface area (Å²) >= 11 is 1.74. The molecule has 134 valence electrons. The molecule has 1 atom stereocenters. The maximum atomic E-state index is 12.7. The number of hydrogen-bond donors (Lipinski definition) is 0. The fourth-order valence-electron chi connectivity index (χ4n) is 3.30. The predicted octanol–water partition coefficient (Wildman–Crippen LogP) is 3.88. The molecule has 0 N–H and O–H groups in total. The van der Waals surface area contributed by atoms with E-state index in [1.54, 1.807) is 17.5 Å². The van der Waals surface area contributed by atoms with E-state index in [-0.39, 0.29) is 11.9 Å². The van der Waals surface area contributed by atoms with Gasteiger partial charge < -0.3 is 9.42 Å². The lowest BCUT2D eigenvalue weighted by Crippen LogP contribution is -2.30. The standard InChI is InChI=1S/C19H20N4O2S/c24-17(10-3-6-14-7-5-13-26-14)23-12-4-9-16(23)19-21-18(22-25-19)15-8-1-2-11-20-15/h1-2,5,7-8,11,13,16H,3-4,6,9-10,12H2/t16-/m1/s1. The van der Waals surface area contributed by atoms with Gasteiger partial charge in [-0.3, -0.25) is 9.78 Å². The fraction of sp³-hybridized carbons (Fsp3) is 0.368. The van der Waals surface area contributed by atoms with Gasteiger partial charge in [0.05, 0.1) is 0 Å². The Kier molecular flexibility index (Phi) is 5.06. The predicted molar refractivity (Wildman–Crippen MR) is 98.5 cm³/mol. The van der Waals surface area contributed by atoms with Crippen molar-refractivity contribution in [3.63, 3.8) is 0 Å². The summed E-state index contributed by atoms with van der Waals surface area (Å²) in [5.74, 6) is 1.15. The molecular formula is C19H20N4O2S. The molecule has 0 aromatic carbocycles. The minimum absolute atomic E-state index is 0.116. The first-order valence-corrected chi connectivity index (χ1v) is 9.76. The number of aryl methyl sites for hydroxylation is 1. The van der Waals surface area contributed by atoms with Gasteiger partial charge in [-0.1, -0.05) is 17.3 Å². The van der Waals surface area contributed by atoms with Crippen LogP contribution in [-0.4, -0.2) is 32.5 Å². The van der Waals surface area contributed by atoms with Crippen LogP contribution in [-0.2, 0) is 11.2 Å². The molecule has 0 saturated carbocycles. The third-order valence-corrected chi connectivity index (χ3v) is 5.52. The zero-order valence-electron chi connectivity index (χ0n) is 14.4. The van der Waals surface area contributed by atoms with Gasteiger partial charge in [-0.05, 0) is 49.3 Å². The molecule has 3 aromatic heterocycles. The maximum Gasteiger partial charge on any atom is 0.249 e. The van der Waals surface area contributed by atoms with Crippen molar-refractivity contribution in [3.05, 3.63) is 52.7 Å². The van der Waals surface area contributed by atoms with Gasteiger partial charge in [-0.2, -0.15) is 4.98 Å². The van der Waals surface area contributed by atoms with E-state index in [9.17, 15) is 4.79 Å². The summed E-state index contributed by atoms with van der Waals surface area (Å²) in [4.78, 5) is 24.6. The fourth-order valence-corrected chi connectivity index (χ4v) is 4.06. The van der Waals surface area contributed by atoms with Gasteiger partial charge in [0.2, 0.25) is 17.6 Å². The van der Waals surface area contributed by atoms with Gasteiger partial charge in [0.1, 0.15) is 11.7 Å². The van der Waals surface area contributed by atoms with Crippen LogP contribution in [0.5, 0.6) is 0 Å². The topological polar surface area (TPSA) is 72.1 Å². The van der Waals surface area contributed by atoms with E-state index >= 15 is 0 Å². The van der Waals surface area contributed by atoms with Crippen molar-refractivity contribution in [1.29, 1.82) is 0 Å². The normalized spacial score (nSPS) is 16.9. The Morgan fingerprint density at radius 1 is 1.31 bits per heavy atom. The Hall–Kier alpha value is -2.54. The van der Waals surface area contributed by atoms with Crippen molar-refractivity contribution < 1.29 is 9.32 Å². The first-order chi connectivity index (χ1) is 12.8. The van der Waals surface area contributed by atoms with Crippen LogP contribution in [0.2, 0.25) is 0 Å². The van der Waals surface area contributed by atoms with Crippen LogP contribution >= 0.6 is 11.3 Å². The van der Waals surface area contributed by atoms with Crippen molar-refractivity contribution in [2.45, 2.75) is 38.1 Å². The first kappa shape index (κ1) is 16.9. The van der Waals surface area contributed by atoms with E-state index in [1.807, 2.05) is 29.2 Å². The van der Waals surface area contributed by atoms with Crippen molar-refractivity contribution in [2.24, 2.45) is 0 Å². The van der Waals surface area contributed by atoms with E-state index in [4.69, 9.17) is 4.52 Å². The lowest BCUT2D eigenvalue weighted by Gasteiger charge is -2.21. The summed E-state index contributed by atoms with van der Waals surface area (Å²) in [5, 5.41) is 6.11. The second-order valence-corrected chi connectivity index (χ2v) is 7.38. The number of carbonyl (C=O) groups is 1. The summed E-state index contributed by atoms with van der Waals surface area (Å²) in [6.45, 7) is 0.754. The molecule has 6 nitrogen and oxygen atoms in total. The molecule has 26 heavy (non-hydrogen) atoms. The second-order valence-electron chi connectivity index (χ2n) is 6.35. The molecule has 7 heteroatoms. The Balaban J connectivity index is 1.40. The molecule has 0 spiro atoms. The molecule has 0 radical (unpaired) electrons. The summed E-state index contributed by atoms with van der Waals surface area (Å²) in [6.07, 6.45) is 5.89. The Morgan fingerprint density at radius 2 is 2.27 bits per heavy atom. The molecule has 4 heterocycles. The third-order valence-electron chi connectivity index (χ3n) is 4.59. The highest BCUT2D eigenvalue weighted by Gasteiger charge is 2.33. The molecule has 1 fully saturated rings. The lowest BCUT2D eigenvalue weighted by atomic mass is 10.1. The van der Waals surface area contributed by atoms with E-state index in [1.165, 1.54) is 4.88 Å². The Bertz CT molecular complexity index is 848. The molecule has 3 aromatic rings. The van der Waals surface area contributed by atoms with Crippen LogP contribution in [0.4, 0.5) is 0 Å². The highest BCUT2D eigenvalue weighted by Crippen LogP contribution is 2.32. The highest BCUT2D eigenvalue weighted by atomic mass is 32.1. The molecule has 1 aliphatic rings. The number of hydrogen-bond acceptors (Lipinski definition) is 6. The van der Waals surface area contributed by atoms with Crippen molar-refractivity contribution >= 4 is 17.2 Å². The van der Waals surface area contributed by atoms with Crippen molar-refractivity contribution in [3.8, 4) is 11.5 Å². The highest BCUT2D eigenvalue weighted by molar-refractivity contribution is 7.09. The Morgan fingerprint density at radius 3 is 3.08 bits per heavy atom. The van der Waals surface area contributed by atoms with Gasteiger partial charge in [-0.15, -0.1) is 11.3 Å². The number of thiophene rings is 1. The van der Waals surface area contributed by atoms with E-state index < -0.39 is 0 Å². The van der Waals surface area contributed by atoms with Gasteiger partial charge in [0.15, 0.2) is 0 Å². The van der Waals surface area contributed by atoms with Crippen LogP contribution in [0.1, 0.15) is 42.5 Å². The summed E-state index contributed by atoms with van der Waals surface area (Å²) in [5.41, 5.74) is 0.675. The van der Waals surface area contributed by atoms with Gasteiger partial charge >= 0.3 is 0 Å². The molecule has 1 aliphatic heterocycles. The minimum Gasteiger partial charge on any atom is -0.337 e. The van der Waals surface area contributed by atoms with Gasteiger partial charge in [-0.25, -0.2) is 0 Å². The number of pyridine rings is 1. The number of rotatable bonds is 6. The van der Waals surface area contributed by atoms with Crippen LogP contribution in [0.15, 0.2) is 46.4 Å². The quantitative estimate of drug-likeness (QED) is 0.660. The van der Waals surface area contributed by atoms with E-state index in [2.05, 4.69) is 26.6 Å².